The van der Waals surface area contributed by atoms with Crippen LogP contribution in [0.3, 0.4) is 0 Å². The molecule has 2 heteroatoms. The molecular weight excluding hydrogens is 220 g/mol. The minimum Gasteiger partial charge on any atom is -0.329 e. The number of unbranched alkanes of at least 4 members (excludes halogenated alkanes) is 3. The highest BCUT2D eigenvalue weighted by Crippen LogP contribution is 2.34. The molecule has 0 radical (unpaired) electrons. The lowest BCUT2D eigenvalue weighted by molar-refractivity contribution is 0.0363. The van der Waals surface area contributed by atoms with Crippen molar-refractivity contribution in [2.24, 2.45) is 11.1 Å². The molecule has 1 heterocycles. The van der Waals surface area contributed by atoms with Crippen molar-refractivity contribution < 1.29 is 0 Å². The summed E-state index contributed by atoms with van der Waals surface area (Å²) in [5.41, 5.74) is 6.85. The van der Waals surface area contributed by atoms with Crippen LogP contribution in [0.2, 0.25) is 0 Å². The lowest BCUT2D eigenvalue weighted by Gasteiger charge is -2.47. The molecule has 108 valence electrons. The van der Waals surface area contributed by atoms with Crippen LogP contribution in [0, 0.1) is 5.41 Å². The molecule has 0 aromatic rings. The van der Waals surface area contributed by atoms with Gasteiger partial charge in [0, 0.05) is 12.1 Å². The summed E-state index contributed by atoms with van der Waals surface area (Å²) in [5, 5.41) is 0. The Morgan fingerprint density at radius 3 is 2.22 bits per heavy atom. The average Bonchev–Trinajstić information content (AvgIpc) is 2.34. The number of rotatable bonds is 7. The van der Waals surface area contributed by atoms with Gasteiger partial charge in [0.2, 0.25) is 0 Å². The predicted molar refractivity (Wildman–Crippen MR) is 80.8 cm³/mol. The standard InChI is InChI=1S/C16H34N2/c1-5-6-7-8-9-16(4,14-17)18-12-10-15(2,3)11-13-18/h5-14,17H2,1-4H3. The van der Waals surface area contributed by atoms with Crippen molar-refractivity contribution in [1.82, 2.24) is 4.90 Å². The molecule has 0 saturated carbocycles. The highest BCUT2D eigenvalue weighted by Gasteiger charge is 2.35. The molecule has 1 aliphatic heterocycles. The van der Waals surface area contributed by atoms with Crippen LogP contribution in [0.5, 0.6) is 0 Å². The highest BCUT2D eigenvalue weighted by molar-refractivity contribution is 4.91. The predicted octanol–water partition coefficient (Wildman–Crippen LogP) is 3.80. The summed E-state index contributed by atoms with van der Waals surface area (Å²) in [5.74, 6) is 0. The fourth-order valence-electron chi connectivity index (χ4n) is 2.97. The van der Waals surface area contributed by atoms with Crippen LogP contribution < -0.4 is 5.73 Å². The molecule has 0 amide bonds. The normalized spacial score (nSPS) is 23.8. The second kappa shape index (κ2) is 6.91. The van der Waals surface area contributed by atoms with E-state index in [1.54, 1.807) is 0 Å². The zero-order valence-corrected chi connectivity index (χ0v) is 13.1. The van der Waals surface area contributed by atoms with Crippen molar-refractivity contribution in [2.75, 3.05) is 19.6 Å². The number of hydrogen-bond acceptors (Lipinski definition) is 2. The molecule has 1 aliphatic rings. The fraction of sp³-hybridized carbons (Fsp3) is 1.00. The summed E-state index contributed by atoms with van der Waals surface area (Å²) in [7, 11) is 0. The Hall–Kier alpha value is -0.0800. The van der Waals surface area contributed by atoms with E-state index in [9.17, 15) is 0 Å². The van der Waals surface area contributed by atoms with Gasteiger partial charge in [-0.2, -0.15) is 0 Å². The van der Waals surface area contributed by atoms with E-state index in [4.69, 9.17) is 5.73 Å². The summed E-state index contributed by atoms with van der Waals surface area (Å²) < 4.78 is 0. The van der Waals surface area contributed by atoms with Gasteiger partial charge >= 0.3 is 0 Å². The van der Waals surface area contributed by atoms with Gasteiger partial charge in [-0.1, -0.05) is 46.5 Å². The molecule has 1 unspecified atom stereocenters. The molecule has 0 aromatic heterocycles. The van der Waals surface area contributed by atoms with Crippen LogP contribution >= 0.6 is 0 Å². The van der Waals surface area contributed by atoms with E-state index in [0.717, 1.165) is 6.54 Å². The van der Waals surface area contributed by atoms with Gasteiger partial charge in [-0.15, -0.1) is 0 Å². The van der Waals surface area contributed by atoms with Gasteiger partial charge in [0.25, 0.3) is 0 Å². The zero-order chi connectivity index (χ0) is 13.6. The summed E-state index contributed by atoms with van der Waals surface area (Å²) in [6.07, 6.45) is 9.29. The van der Waals surface area contributed by atoms with Crippen LogP contribution in [0.1, 0.15) is 72.6 Å². The molecule has 1 atom stereocenters. The monoisotopic (exact) mass is 254 g/mol. The second-order valence-electron chi connectivity index (χ2n) is 7.16. The smallest absolute Gasteiger partial charge is 0.0303 e. The van der Waals surface area contributed by atoms with Crippen LogP contribution in [0.4, 0.5) is 0 Å². The van der Waals surface area contributed by atoms with Gasteiger partial charge in [-0.25, -0.2) is 0 Å². The average molecular weight is 254 g/mol. The molecule has 0 aliphatic carbocycles. The van der Waals surface area contributed by atoms with Crippen LogP contribution in [-0.2, 0) is 0 Å². The minimum atomic E-state index is 0.240. The lowest BCUT2D eigenvalue weighted by atomic mass is 9.80. The number of likely N-dealkylation sites (tertiary alicyclic amines) is 1. The number of hydrogen-bond donors (Lipinski definition) is 1. The largest absolute Gasteiger partial charge is 0.329 e. The number of piperidine rings is 1. The van der Waals surface area contributed by atoms with E-state index >= 15 is 0 Å². The third kappa shape index (κ3) is 4.55. The van der Waals surface area contributed by atoms with Crippen molar-refractivity contribution in [2.45, 2.75) is 78.2 Å². The molecule has 0 bridgehead atoms. The van der Waals surface area contributed by atoms with Gasteiger partial charge in [0.05, 0.1) is 0 Å². The number of nitrogens with two attached hydrogens (primary N) is 1. The van der Waals surface area contributed by atoms with E-state index in [1.807, 2.05) is 0 Å². The van der Waals surface area contributed by atoms with E-state index in [-0.39, 0.29) is 5.54 Å². The molecule has 0 aromatic carbocycles. The van der Waals surface area contributed by atoms with Gasteiger partial charge in [0.1, 0.15) is 0 Å². The molecule has 18 heavy (non-hydrogen) atoms. The van der Waals surface area contributed by atoms with E-state index < -0.39 is 0 Å². The summed E-state index contributed by atoms with van der Waals surface area (Å²) in [6, 6.07) is 0. The van der Waals surface area contributed by atoms with Crippen LogP contribution in [0.25, 0.3) is 0 Å². The lowest BCUT2D eigenvalue weighted by Crippen LogP contribution is -2.55. The Balaban J connectivity index is 2.43. The van der Waals surface area contributed by atoms with E-state index in [1.165, 1.54) is 58.0 Å². The molecule has 0 spiro atoms. The summed E-state index contributed by atoms with van der Waals surface area (Å²) in [4.78, 5) is 2.66. The molecule has 1 fully saturated rings. The molecular formula is C16H34N2. The van der Waals surface area contributed by atoms with Gasteiger partial charge in [0.15, 0.2) is 0 Å². The zero-order valence-electron chi connectivity index (χ0n) is 13.1. The first kappa shape index (κ1) is 16.0. The van der Waals surface area contributed by atoms with Crippen molar-refractivity contribution in [3.8, 4) is 0 Å². The summed E-state index contributed by atoms with van der Waals surface area (Å²) in [6.45, 7) is 12.7. The van der Waals surface area contributed by atoms with Crippen LogP contribution in [0.15, 0.2) is 0 Å². The first-order valence-corrected chi connectivity index (χ1v) is 7.89. The van der Waals surface area contributed by atoms with Crippen molar-refractivity contribution >= 4 is 0 Å². The van der Waals surface area contributed by atoms with Gasteiger partial charge in [-0.3, -0.25) is 4.90 Å². The third-order valence-corrected chi connectivity index (χ3v) is 4.89. The SMILES string of the molecule is CCCCCCC(C)(CN)N1CCC(C)(C)CC1. The molecule has 1 saturated heterocycles. The molecule has 2 N–H and O–H groups in total. The second-order valence-corrected chi connectivity index (χ2v) is 7.16. The fourth-order valence-corrected chi connectivity index (χ4v) is 2.97. The summed E-state index contributed by atoms with van der Waals surface area (Å²) >= 11 is 0. The quantitative estimate of drug-likeness (QED) is 0.700. The molecule has 1 rings (SSSR count). The minimum absolute atomic E-state index is 0.240. The Morgan fingerprint density at radius 2 is 1.72 bits per heavy atom. The van der Waals surface area contributed by atoms with Crippen molar-refractivity contribution in [1.29, 1.82) is 0 Å². The number of nitrogens with zero attached hydrogens (tertiary/aromatic N) is 1. The van der Waals surface area contributed by atoms with E-state index in [2.05, 4.69) is 32.6 Å². The van der Waals surface area contributed by atoms with Crippen molar-refractivity contribution in [3.63, 3.8) is 0 Å². The van der Waals surface area contributed by atoms with Crippen molar-refractivity contribution in [3.05, 3.63) is 0 Å². The Kier molecular flexibility index (Phi) is 6.13. The van der Waals surface area contributed by atoms with E-state index in [0.29, 0.717) is 5.41 Å². The topological polar surface area (TPSA) is 29.3 Å². The maximum absolute atomic E-state index is 6.08. The highest BCUT2D eigenvalue weighted by atomic mass is 15.2. The Bertz CT molecular complexity index is 227. The first-order chi connectivity index (χ1) is 8.43. The molecule has 2 nitrogen and oxygen atoms in total. The Morgan fingerprint density at radius 1 is 1.11 bits per heavy atom. The maximum Gasteiger partial charge on any atom is 0.0303 e. The Labute approximate surface area is 114 Å². The van der Waals surface area contributed by atoms with Gasteiger partial charge in [-0.05, 0) is 44.7 Å². The third-order valence-electron chi connectivity index (χ3n) is 4.89. The van der Waals surface area contributed by atoms with Gasteiger partial charge < -0.3 is 5.73 Å². The van der Waals surface area contributed by atoms with Crippen LogP contribution in [-0.4, -0.2) is 30.1 Å². The first-order valence-electron chi connectivity index (χ1n) is 7.89. The maximum atomic E-state index is 6.08.